The van der Waals surface area contributed by atoms with Gasteiger partial charge in [-0.3, -0.25) is 8.39 Å². The fourth-order valence-corrected chi connectivity index (χ4v) is 1.09. The zero-order valence-corrected chi connectivity index (χ0v) is 7.28. The summed E-state index contributed by atoms with van der Waals surface area (Å²) in [7, 11) is 0. The SMILES string of the molecule is O=C(O)CCc1cncn1Br. The first-order valence-corrected chi connectivity index (χ1v) is 3.80. The number of imidazole rings is 1. The van der Waals surface area contributed by atoms with E-state index >= 15 is 0 Å². The summed E-state index contributed by atoms with van der Waals surface area (Å²) in [5, 5.41) is 8.36. The number of carboxylic acids is 1. The van der Waals surface area contributed by atoms with Gasteiger partial charge in [-0.1, -0.05) is 0 Å². The molecule has 0 aliphatic carbocycles. The van der Waals surface area contributed by atoms with Gasteiger partial charge in [-0.25, -0.2) is 4.98 Å². The molecule has 0 aliphatic rings. The van der Waals surface area contributed by atoms with Crippen LogP contribution in [-0.4, -0.2) is 19.7 Å². The van der Waals surface area contributed by atoms with Gasteiger partial charge in [0.2, 0.25) is 0 Å². The van der Waals surface area contributed by atoms with Gasteiger partial charge in [0, 0.05) is 18.3 Å². The van der Waals surface area contributed by atoms with Gasteiger partial charge in [0.1, 0.15) is 6.33 Å². The Kier molecular flexibility index (Phi) is 2.64. The smallest absolute Gasteiger partial charge is 0.303 e. The van der Waals surface area contributed by atoms with Crippen LogP contribution in [0, 0.1) is 0 Å². The van der Waals surface area contributed by atoms with E-state index < -0.39 is 5.97 Å². The van der Waals surface area contributed by atoms with Crippen molar-refractivity contribution in [1.29, 1.82) is 0 Å². The van der Waals surface area contributed by atoms with Gasteiger partial charge in [0.15, 0.2) is 0 Å². The van der Waals surface area contributed by atoms with E-state index in [9.17, 15) is 4.79 Å². The van der Waals surface area contributed by atoms with Gasteiger partial charge in [0.25, 0.3) is 0 Å². The van der Waals surface area contributed by atoms with E-state index in [-0.39, 0.29) is 6.42 Å². The average Bonchev–Trinajstić information content (AvgIpc) is 2.31. The Bertz CT molecular complexity index is 259. The van der Waals surface area contributed by atoms with Crippen molar-refractivity contribution in [2.24, 2.45) is 0 Å². The molecule has 0 amide bonds. The van der Waals surface area contributed by atoms with Crippen LogP contribution in [0.1, 0.15) is 12.1 Å². The molecule has 0 unspecified atom stereocenters. The Morgan fingerprint density at radius 3 is 3.00 bits per heavy atom. The summed E-state index contributed by atoms with van der Waals surface area (Å²) in [6, 6.07) is 0. The number of nitrogens with zero attached hydrogens (tertiary/aromatic N) is 2. The summed E-state index contributed by atoms with van der Waals surface area (Å²) >= 11 is 3.18. The summed E-state index contributed by atoms with van der Waals surface area (Å²) < 4.78 is 1.63. The van der Waals surface area contributed by atoms with Gasteiger partial charge in [-0.15, -0.1) is 0 Å². The molecule has 0 aliphatic heterocycles. The molecular formula is C6H7BrN2O2. The Morgan fingerprint density at radius 2 is 2.55 bits per heavy atom. The lowest BCUT2D eigenvalue weighted by Gasteiger charge is -1.95. The van der Waals surface area contributed by atoms with Crippen LogP contribution in [-0.2, 0) is 11.2 Å². The van der Waals surface area contributed by atoms with E-state index in [1.54, 1.807) is 16.1 Å². The van der Waals surface area contributed by atoms with Crippen LogP contribution >= 0.6 is 16.1 Å². The Morgan fingerprint density at radius 1 is 1.82 bits per heavy atom. The van der Waals surface area contributed by atoms with Crippen molar-refractivity contribution >= 4 is 22.1 Å². The van der Waals surface area contributed by atoms with Crippen molar-refractivity contribution in [1.82, 2.24) is 8.58 Å². The van der Waals surface area contributed by atoms with Gasteiger partial charge < -0.3 is 5.11 Å². The van der Waals surface area contributed by atoms with Gasteiger partial charge in [0.05, 0.1) is 22.6 Å². The summed E-state index contributed by atoms with van der Waals surface area (Å²) in [6.07, 6.45) is 3.85. The predicted molar refractivity (Wildman–Crippen MR) is 42.5 cm³/mol. The minimum atomic E-state index is -0.793. The number of aryl methyl sites for hydroxylation is 1. The zero-order valence-electron chi connectivity index (χ0n) is 5.70. The number of halogens is 1. The third-order valence-electron chi connectivity index (χ3n) is 1.26. The second-order valence-corrected chi connectivity index (χ2v) is 2.85. The van der Waals surface area contributed by atoms with Crippen molar-refractivity contribution in [2.45, 2.75) is 12.8 Å². The summed E-state index contributed by atoms with van der Waals surface area (Å²) in [6.45, 7) is 0. The predicted octanol–water partition coefficient (Wildman–Crippen LogP) is 1.06. The molecule has 0 saturated heterocycles. The number of carboxylic acid groups (broad SMARTS) is 1. The van der Waals surface area contributed by atoms with Gasteiger partial charge in [-0.05, 0) is 0 Å². The lowest BCUT2D eigenvalue weighted by Crippen LogP contribution is -1.98. The second kappa shape index (κ2) is 3.52. The Labute approximate surface area is 72.2 Å². The molecule has 0 fully saturated rings. The number of aliphatic carboxylic acids is 1. The van der Waals surface area contributed by atoms with E-state index in [0.29, 0.717) is 6.42 Å². The monoisotopic (exact) mass is 218 g/mol. The van der Waals surface area contributed by atoms with Crippen LogP contribution in [0.3, 0.4) is 0 Å². The van der Waals surface area contributed by atoms with Crippen molar-refractivity contribution < 1.29 is 9.90 Å². The Balaban J connectivity index is 2.51. The first-order valence-electron chi connectivity index (χ1n) is 3.09. The molecule has 1 rings (SSSR count). The molecule has 0 aromatic carbocycles. The molecule has 0 bridgehead atoms. The number of aromatic nitrogens is 2. The van der Waals surface area contributed by atoms with Crippen LogP contribution in [0.15, 0.2) is 12.5 Å². The highest BCUT2D eigenvalue weighted by Crippen LogP contribution is 2.05. The standard InChI is InChI=1S/C6H7BrN2O2/c7-9-4-8-3-5(9)1-2-6(10)11/h3-4H,1-2H2,(H,10,11). The molecule has 1 N–H and O–H groups in total. The minimum Gasteiger partial charge on any atom is -0.481 e. The first-order chi connectivity index (χ1) is 5.20. The second-order valence-electron chi connectivity index (χ2n) is 2.09. The van der Waals surface area contributed by atoms with E-state index in [4.69, 9.17) is 5.11 Å². The van der Waals surface area contributed by atoms with E-state index in [1.807, 2.05) is 0 Å². The number of carbonyl (C=O) groups is 1. The molecule has 4 nitrogen and oxygen atoms in total. The molecule has 11 heavy (non-hydrogen) atoms. The summed E-state index contributed by atoms with van der Waals surface area (Å²) in [5.41, 5.74) is 0.868. The Hall–Kier alpha value is -0.840. The van der Waals surface area contributed by atoms with E-state index in [0.717, 1.165) is 5.69 Å². The highest BCUT2D eigenvalue weighted by atomic mass is 79.9. The largest absolute Gasteiger partial charge is 0.481 e. The maximum absolute atomic E-state index is 10.2. The minimum absolute atomic E-state index is 0.136. The number of hydrogen-bond donors (Lipinski definition) is 1. The van der Waals surface area contributed by atoms with E-state index in [2.05, 4.69) is 21.1 Å². The maximum Gasteiger partial charge on any atom is 0.303 e. The van der Waals surface area contributed by atoms with Gasteiger partial charge in [-0.2, -0.15) is 0 Å². The number of rotatable bonds is 3. The summed E-state index contributed by atoms with van der Waals surface area (Å²) in [5.74, 6) is -0.793. The fourth-order valence-electron chi connectivity index (χ4n) is 0.714. The van der Waals surface area contributed by atoms with Crippen molar-refractivity contribution in [3.05, 3.63) is 18.2 Å². The molecule has 0 atom stereocenters. The molecule has 1 aromatic heterocycles. The van der Waals surface area contributed by atoms with Crippen molar-refractivity contribution in [2.75, 3.05) is 0 Å². The zero-order chi connectivity index (χ0) is 8.27. The topological polar surface area (TPSA) is 55.1 Å². The average molecular weight is 219 g/mol. The normalized spacial score (nSPS) is 9.91. The third kappa shape index (κ3) is 2.34. The van der Waals surface area contributed by atoms with Crippen molar-refractivity contribution in [3.63, 3.8) is 0 Å². The van der Waals surface area contributed by atoms with Crippen LogP contribution in [0.5, 0.6) is 0 Å². The highest BCUT2D eigenvalue weighted by molar-refractivity contribution is 9.08. The van der Waals surface area contributed by atoms with Gasteiger partial charge >= 0.3 is 5.97 Å². The first kappa shape index (κ1) is 8.26. The quantitative estimate of drug-likeness (QED) is 0.826. The van der Waals surface area contributed by atoms with Crippen LogP contribution in [0.25, 0.3) is 0 Å². The van der Waals surface area contributed by atoms with Crippen LogP contribution in [0.4, 0.5) is 0 Å². The molecule has 0 saturated carbocycles. The molecular weight excluding hydrogens is 212 g/mol. The molecule has 1 heterocycles. The molecule has 60 valence electrons. The van der Waals surface area contributed by atoms with E-state index in [1.165, 1.54) is 0 Å². The maximum atomic E-state index is 10.2. The van der Waals surface area contributed by atoms with Crippen LogP contribution < -0.4 is 0 Å². The lowest BCUT2D eigenvalue weighted by atomic mass is 10.2. The molecule has 0 radical (unpaired) electrons. The van der Waals surface area contributed by atoms with Crippen molar-refractivity contribution in [3.8, 4) is 0 Å². The summed E-state index contributed by atoms with van der Waals surface area (Å²) in [4.78, 5) is 14.0. The third-order valence-corrected chi connectivity index (χ3v) is 1.90. The fraction of sp³-hybridized carbons (Fsp3) is 0.333. The lowest BCUT2D eigenvalue weighted by molar-refractivity contribution is -0.136. The molecule has 1 aromatic rings. The molecule has 0 spiro atoms. The highest BCUT2D eigenvalue weighted by Gasteiger charge is 2.02. The van der Waals surface area contributed by atoms with Crippen LogP contribution in [0.2, 0.25) is 0 Å². The number of hydrogen-bond acceptors (Lipinski definition) is 2. The molecule has 5 heteroatoms.